The van der Waals surface area contributed by atoms with Crippen LogP contribution in [0.15, 0.2) is 47.1 Å². The van der Waals surface area contributed by atoms with Crippen molar-refractivity contribution in [2.75, 3.05) is 0 Å². The van der Waals surface area contributed by atoms with Crippen molar-refractivity contribution >= 4 is 0 Å². The number of benzene rings is 2. The van der Waals surface area contributed by atoms with E-state index in [-0.39, 0.29) is 23.5 Å². The predicted octanol–water partition coefficient (Wildman–Crippen LogP) is 6.31. The molecule has 3 aromatic rings. The summed E-state index contributed by atoms with van der Waals surface area (Å²) in [5.74, 6) is -8.68. The number of rotatable bonds is 3. The van der Waals surface area contributed by atoms with Crippen LogP contribution in [-0.2, 0) is 6.18 Å². The summed E-state index contributed by atoms with van der Waals surface area (Å²) in [6, 6.07) is 4.51. The van der Waals surface area contributed by atoms with E-state index in [9.17, 15) is 30.7 Å². The van der Waals surface area contributed by atoms with E-state index >= 15 is 0 Å². The van der Waals surface area contributed by atoms with Crippen molar-refractivity contribution in [2.24, 2.45) is 0 Å². The number of ether oxygens (including phenoxy) is 1. The molecule has 0 fully saturated rings. The van der Waals surface area contributed by atoms with Crippen molar-refractivity contribution in [3.63, 3.8) is 0 Å². The van der Waals surface area contributed by atoms with Gasteiger partial charge in [0.2, 0.25) is 5.82 Å². The van der Waals surface area contributed by atoms with Crippen molar-refractivity contribution in [1.29, 1.82) is 0 Å². The summed E-state index contributed by atoms with van der Waals surface area (Å²) in [4.78, 5) is 0. The third-order valence-corrected chi connectivity index (χ3v) is 3.37. The van der Waals surface area contributed by atoms with E-state index in [0.29, 0.717) is 0 Å². The second-order valence-corrected chi connectivity index (χ2v) is 5.08. The van der Waals surface area contributed by atoms with Crippen LogP contribution in [0.25, 0.3) is 11.3 Å². The molecule has 136 valence electrons. The van der Waals surface area contributed by atoms with Crippen LogP contribution in [0.2, 0.25) is 0 Å². The van der Waals surface area contributed by atoms with Crippen molar-refractivity contribution in [3.8, 4) is 22.8 Å². The molecule has 0 atom stereocenters. The van der Waals surface area contributed by atoms with Crippen LogP contribution in [0.4, 0.5) is 30.7 Å². The van der Waals surface area contributed by atoms with Gasteiger partial charge >= 0.3 is 6.18 Å². The Morgan fingerprint density at radius 3 is 2.00 bits per heavy atom. The lowest BCUT2D eigenvalue weighted by molar-refractivity contribution is -0.138. The number of alkyl halides is 3. The first-order valence-electron chi connectivity index (χ1n) is 6.94. The summed E-state index contributed by atoms with van der Waals surface area (Å²) >= 11 is 0. The van der Waals surface area contributed by atoms with Gasteiger partial charge in [-0.2, -0.15) is 17.6 Å². The fraction of sp³-hybridized carbons (Fsp3) is 0.0588. The van der Waals surface area contributed by atoms with Crippen molar-refractivity contribution in [2.45, 2.75) is 6.18 Å². The van der Waals surface area contributed by atoms with Gasteiger partial charge in [-0.15, -0.1) is 0 Å². The van der Waals surface area contributed by atoms with Gasteiger partial charge in [0.15, 0.2) is 29.0 Å². The van der Waals surface area contributed by atoms with E-state index in [1.165, 1.54) is 18.4 Å². The Labute approximate surface area is 141 Å². The number of furan rings is 1. The maximum atomic E-state index is 14.1. The van der Waals surface area contributed by atoms with Crippen LogP contribution >= 0.6 is 0 Å². The number of hydrogen-bond donors (Lipinski definition) is 0. The van der Waals surface area contributed by atoms with E-state index in [2.05, 4.69) is 0 Å². The average molecular weight is 376 g/mol. The van der Waals surface area contributed by atoms with Crippen molar-refractivity contribution in [1.82, 2.24) is 0 Å². The highest BCUT2D eigenvalue weighted by Crippen LogP contribution is 2.40. The minimum atomic E-state index is -5.00. The summed E-state index contributed by atoms with van der Waals surface area (Å²) in [5, 5.41) is 0. The highest BCUT2D eigenvalue weighted by Gasteiger charge is 2.33. The molecule has 0 amide bonds. The van der Waals surface area contributed by atoms with Crippen LogP contribution in [0.1, 0.15) is 5.56 Å². The summed E-state index contributed by atoms with van der Waals surface area (Å²) in [6.45, 7) is 0. The number of hydrogen-bond acceptors (Lipinski definition) is 2. The second kappa shape index (κ2) is 6.40. The van der Waals surface area contributed by atoms with Gasteiger partial charge in [0, 0.05) is 0 Å². The lowest BCUT2D eigenvalue weighted by Gasteiger charge is -2.14. The molecular weight excluding hydrogens is 369 g/mol. The van der Waals surface area contributed by atoms with Crippen LogP contribution in [0.5, 0.6) is 11.5 Å². The molecule has 0 aliphatic rings. The van der Waals surface area contributed by atoms with Crippen molar-refractivity contribution in [3.05, 3.63) is 71.5 Å². The zero-order valence-corrected chi connectivity index (χ0v) is 12.5. The summed E-state index contributed by atoms with van der Waals surface area (Å²) in [5.41, 5.74) is -1.78. The lowest BCUT2D eigenvalue weighted by atomic mass is 10.1. The van der Waals surface area contributed by atoms with Crippen LogP contribution < -0.4 is 4.74 Å². The molecule has 0 radical (unpaired) electrons. The topological polar surface area (TPSA) is 22.4 Å². The van der Waals surface area contributed by atoms with Crippen LogP contribution in [-0.4, -0.2) is 0 Å². The van der Waals surface area contributed by atoms with Gasteiger partial charge in [0.1, 0.15) is 5.76 Å². The minimum absolute atomic E-state index is 0.00775. The molecular formula is C17H7F7O2. The highest BCUT2D eigenvalue weighted by molar-refractivity contribution is 5.67. The van der Waals surface area contributed by atoms with Gasteiger partial charge in [-0.1, -0.05) is 0 Å². The van der Waals surface area contributed by atoms with Crippen LogP contribution in [0, 0.1) is 23.3 Å². The Kier molecular flexibility index (Phi) is 4.39. The first-order valence-corrected chi connectivity index (χ1v) is 6.94. The molecule has 1 heterocycles. The normalized spacial score (nSPS) is 11.7. The molecule has 3 rings (SSSR count). The fourth-order valence-electron chi connectivity index (χ4n) is 2.18. The Bertz CT molecular complexity index is 923. The molecule has 0 saturated heterocycles. The summed E-state index contributed by atoms with van der Waals surface area (Å²) in [6.07, 6.45) is -3.79. The zero-order chi connectivity index (χ0) is 19.1. The van der Waals surface area contributed by atoms with E-state index in [0.717, 1.165) is 12.1 Å². The highest BCUT2D eigenvalue weighted by atomic mass is 19.4. The smallest absolute Gasteiger partial charge is 0.416 e. The Hall–Kier alpha value is -2.97. The number of halogens is 7. The lowest BCUT2D eigenvalue weighted by Crippen LogP contribution is -2.07. The average Bonchev–Trinajstić information content (AvgIpc) is 3.07. The zero-order valence-electron chi connectivity index (χ0n) is 12.5. The third-order valence-electron chi connectivity index (χ3n) is 3.37. The van der Waals surface area contributed by atoms with E-state index in [1.807, 2.05) is 0 Å². The Balaban J connectivity index is 2.12. The van der Waals surface area contributed by atoms with Gasteiger partial charge in [-0.25, -0.2) is 13.2 Å². The first kappa shape index (κ1) is 17.8. The molecule has 0 bridgehead atoms. The SMILES string of the molecule is Fc1ccc(-c2ccco2)c(Oc2c(F)cc(C(F)(F)F)cc2F)c1F. The third kappa shape index (κ3) is 3.24. The van der Waals surface area contributed by atoms with Gasteiger partial charge in [-0.05, 0) is 36.4 Å². The Morgan fingerprint density at radius 1 is 0.808 bits per heavy atom. The monoisotopic (exact) mass is 376 g/mol. The van der Waals surface area contributed by atoms with E-state index in [1.54, 1.807) is 0 Å². The molecule has 26 heavy (non-hydrogen) atoms. The molecule has 0 aliphatic carbocycles. The minimum Gasteiger partial charge on any atom is -0.464 e. The molecule has 0 aliphatic heterocycles. The fourth-order valence-corrected chi connectivity index (χ4v) is 2.18. The molecule has 0 unspecified atom stereocenters. The van der Waals surface area contributed by atoms with Gasteiger partial charge in [0.25, 0.3) is 0 Å². The molecule has 2 nitrogen and oxygen atoms in total. The largest absolute Gasteiger partial charge is 0.464 e. The predicted molar refractivity (Wildman–Crippen MR) is 75.5 cm³/mol. The molecule has 2 aromatic carbocycles. The van der Waals surface area contributed by atoms with Gasteiger partial charge in [0.05, 0.1) is 17.4 Å². The molecule has 0 spiro atoms. The summed E-state index contributed by atoms with van der Waals surface area (Å²) in [7, 11) is 0. The quantitative estimate of drug-likeness (QED) is 0.500. The first-order chi connectivity index (χ1) is 12.2. The maximum absolute atomic E-state index is 14.1. The van der Waals surface area contributed by atoms with E-state index < -0.39 is 46.5 Å². The molecule has 0 N–H and O–H groups in total. The summed E-state index contributed by atoms with van der Waals surface area (Å²) < 4.78 is 103. The Morgan fingerprint density at radius 2 is 1.46 bits per heavy atom. The maximum Gasteiger partial charge on any atom is 0.416 e. The standard InChI is InChI=1S/C17H7F7O2/c18-10-4-3-9(13-2-1-5-25-13)15(14(10)21)26-16-11(19)6-8(7-12(16)20)17(22,23)24/h1-7H. The van der Waals surface area contributed by atoms with Gasteiger partial charge in [-0.3, -0.25) is 0 Å². The van der Waals surface area contributed by atoms with E-state index in [4.69, 9.17) is 9.15 Å². The molecule has 0 saturated carbocycles. The molecule has 9 heteroatoms. The second-order valence-electron chi connectivity index (χ2n) is 5.08. The molecule has 1 aromatic heterocycles. The van der Waals surface area contributed by atoms with Crippen LogP contribution in [0.3, 0.4) is 0 Å². The van der Waals surface area contributed by atoms with Crippen molar-refractivity contribution < 1.29 is 39.9 Å². The van der Waals surface area contributed by atoms with Gasteiger partial charge < -0.3 is 9.15 Å².